The molecule has 0 N–H and O–H groups in total. The Labute approximate surface area is 83.6 Å². The lowest BCUT2D eigenvalue weighted by Crippen LogP contribution is -2.22. The highest BCUT2D eigenvalue weighted by molar-refractivity contribution is 5.41. The lowest BCUT2D eigenvalue weighted by molar-refractivity contribution is -0.177. The van der Waals surface area contributed by atoms with Gasteiger partial charge < -0.3 is 14.2 Å². The summed E-state index contributed by atoms with van der Waals surface area (Å²) in [6.07, 6.45) is 2.14. The molecule has 0 amide bonds. The second-order valence-corrected chi connectivity index (χ2v) is 3.20. The summed E-state index contributed by atoms with van der Waals surface area (Å²) in [7, 11) is 0. The average molecular weight is 194 g/mol. The predicted octanol–water partition coefficient (Wildman–Crippen LogP) is 2.56. The van der Waals surface area contributed by atoms with E-state index in [4.69, 9.17) is 14.2 Å². The van der Waals surface area contributed by atoms with Crippen LogP contribution >= 0.6 is 0 Å². The lowest BCUT2D eigenvalue weighted by atomic mass is 10.3. The van der Waals surface area contributed by atoms with Gasteiger partial charge in [-0.2, -0.15) is 0 Å². The van der Waals surface area contributed by atoms with Gasteiger partial charge in [0.05, 0.1) is 6.61 Å². The van der Waals surface area contributed by atoms with Gasteiger partial charge >= 0.3 is 6.48 Å². The van der Waals surface area contributed by atoms with Crippen LogP contribution < -0.4 is 9.47 Å². The zero-order valence-electron chi connectivity index (χ0n) is 8.23. The lowest BCUT2D eigenvalue weighted by Gasteiger charge is -2.09. The minimum atomic E-state index is -0.557. The summed E-state index contributed by atoms with van der Waals surface area (Å²) in [5.41, 5.74) is 0. The van der Waals surface area contributed by atoms with Crippen molar-refractivity contribution in [1.29, 1.82) is 0 Å². The fraction of sp³-hybridized carbons (Fsp3) is 0.455. The molecule has 0 saturated heterocycles. The van der Waals surface area contributed by atoms with E-state index in [9.17, 15) is 0 Å². The summed E-state index contributed by atoms with van der Waals surface area (Å²) in [4.78, 5) is 0. The van der Waals surface area contributed by atoms with Crippen LogP contribution in [0.5, 0.6) is 11.5 Å². The van der Waals surface area contributed by atoms with Crippen LogP contribution in [0, 0.1) is 0 Å². The third-order valence-corrected chi connectivity index (χ3v) is 2.05. The molecule has 1 aliphatic rings. The third kappa shape index (κ3) is 1.99. The number of fused-ring (bicyclic) bond motifs is 1. The molecule has 1 aromatic rings. The van der Waals surface area contributed by atoms with E-state index in [1.807, 2.05) is 24.3 Å². The van der Waals surface area contributed by atoms with E-state index >= 15 is 0 Å². The molecule has 0 aromatic heterocycles. The van der Waals surface area contributed by atoms with Crippen molar-refractivity contribution in [2.75, 3.05) is 6.61 Å². The summed E-state index contributed by atoms with van der Waals surface area (Å²) < 4.78 is 16.2. The SMILES string of the molecule is CCCCOC1Oc2ccccc2O1. The van der Waals surface area contributed by atoms with E-state index in [1.54, 1.807) is 0 Å². The van der Waals surface area contributed by atoms with E-state index < -0.39 is 6.48 Å². The van der Waals surface area contributed by atoms with Gasteiger partial charge in [0.15, 0.2) is 11.5 Å². The zero-order valence-corrected chi connectivity index (χ0v) is 8.23. The van der Waals surface area contributed by atoms with Gasteiger partial charge in [0.1, 0.15) is 0 Å². The first-order valence-corrected chi connectivity index (χ1v) is 4.94. The van der Waals surface area contributed by atoms with Gasteiger partial charge in [-0.05, 0) is 18.6 Å². The van der Waals surface area contributed by atoms with Crippen LogP contribution in [0.4, 0.5) is 0 Å². The Morgan fingerprint density at radius 1 is 1.21 bits per heavy atom. The Morgan fingerprint density at radius 3 is 2.43 bits per heavy atom. The molecule has 76 valence electrons. The maximum absolute atomic E-state index is 5.41. The maximum atomic E-state index is 5.41. The molecule has 1 aromatic carbocycles. The van der Waals surface area contributed by atoms with Crippen molar-refractivity contribution in [3.63, 3.8) is 0 Å². The molecule has 14 heavy (non-hydrogen) atoms. The second kappa shape index (κ2) is 4.33. The summed E-state index contributed by atoms with van der Waals surface area (Å²) in [6.45, 7) is 2.24. The topological polar surface area (TPSA) is 27.7 Å². The molecule has 3 heteroatoms. The van der Waals surface area contributed by atoms with Gasteiger partial charge in [0, 0.05) is 0 Å². The highest BCUT2D eigenvalue weighted by Gasteiger charge is 2.23. The molecular formula is C11H14O3. The minimum Gasteiger partial charge on any atom is -0.428 e. The van der Waals surface area contributed by atoms with Gasteiger partial charge in [-0.25, -0.2) is 0 Å². The molecule has 0 saturated carbocycles. The predicted molar refractivity (Wildman–Crippen MR) is 52.3 cm³/mol. The van der Waals surface area contributed by atoms with Crippen LogP contribution in [-0.2, 0) is 4.74 Å². The van der Waals surface area contributed by atoms with Crippen molar-refractivity contribution in [3.8, 4) is 11.5 Å². The van der Waals surface area contributed by atoms with Crippen molar-refractivity contribution in [2.45, 2.75) is 26.2 Å². The molecule has 0 atom stereocenters. The Kier molecular flexibility index (Phi) is 2.89. The quantitative estimate of drug-likeness (QED) is 0.689. The van der Waals surface area contributed by atoms with Gasteiger partial charge in [-0.15, -0.1) is 0 Å². The van der Waals surface area contributed by atoms with Gasteiger partial charge in [0.25, 0.3) is 0 Å². The van der Waals surface area contributed by atoms with Crippen molar-refractivity contribution >= 4 is 0 Å². The van der Waals surface area contributed by atoms with Crippen LogP contribution in [0.3, 0.4) is 0 Å². The van der Waals surface area contributed by atoms with Crippen molar-refractivity contribution in [1.82, 2.24) is 0 Å². The standard InChI is InChI=1S/C11H14O3/c1-2-3-8-12-11-13-9-6-4-5-7-10(9)14-11/h4-7,11H,2-3,8H2,1H3. The third-order valence-electron chi connectivity index (χ3n) is 2.05. The second-order valence-electron chi connectivity index (χ2n) is 3.20. The van der Waals surface area contributed by atoms with Crippen molar-refractivity contribution in [2.24, 2.45) is 0 Å². The maximum Gasteiger partial charge on any atom is 0.361 e. The number of benzene rings is 1. The van der Waals surface area contributed by atoms with Crippen LogP contribution in [-0.4, -0.2) is 13.1 Å². The fourth-order valence-corrected chi connectivity index (χ4v) is 1.27. The first-order chi connectivity index (χ1) is 6.90. The molecule has 0 bridgehead atoms. The minimum absolute atomic E-state index is 0.557. The molecule has 0 unspecified atom stereocenters. The van der Waals surface area contributed by atoms with E-state index in [0.29, 0.717) is 6.61 Å². The average Bonchev–Trinajstić information content (AvgIpc) is 2.60. The van der Waals surface area contributed by atoms with E-state index in [-0.39, 0.29) is 0 Å². The van der Waals surface area contributed by atoms with Crippen LogP contribution in [0.2, 0.25) is 0 Å². The van der Waals surface area contributed by atoms with Crippen molar-refractivity contribution < 1.29 is 14.2 Å². The normalized spacial score (nSPS) is 14.6. The van der Waals surface area contributed by atoms with Gasteiger partial charge in [-0.1, -0.05) is 25.5 Å². The molecule has 0 radical (unpaired) electrons. The highest BCUT2D eigenvalue weighted by atomic mass is 16.9. The highest BCUT2D eigenvalue weighted by Crippen LogP contribution is 2.34. The molecule has 0 spiro atoms. The summed E-state index contributed by atoms with van der Waals surface area (Å²) in [5.74, 6) is 1.52. The van der Waals surface area contributed by atoms with Gasteiger partial charge in [-0.3, -0.25) is 0 Å². The van der Waals surface area contributed by atoms with E-state index in [0.717, 1.165) is 24.3 Å². The number of para-hydroxylation sites is 2. The Morgan fingerprint density at radius 2 is 1.86 bits per heavy atom. The number of hydrogen-bond acceptors (Lipinski definition) is 3. The Bertz CT molecular complexity index is 273. The summed E-state index contributed by atoms with van der Waals surface area (Å²) >= 11 is 0. The molecule has 2 rings (SSSR count). The fourth-order valence-electron chi connectivity index (χ4n) is 1.27. The van der Waals surface area contributed by atoms with Crippen LogP contribution in [0.1, 0.15) is 19.8 Å². The largest absolute Gasteiger partial charge is 0.428 e. The molecule has 0 fully saturated rings. The Balaban J connectivity index is 1.86. The van der Waals surface area contributed by atoms with E-state index in [2.05, 4.69) is 6.92 Å². The molecule has 1 aliphatic heterocycles. The van der Waals surface area contributed by atoms with Crippen LogP contribution in [0.25, 0.3) is 0 Å². The monoisotopic (exact) mass is 194 g/mol. The molecule has 3 nitrogen and oxygen atoms in total. The number of rotatable bonds is 4. The first kappa shape index (κ1) is 9.34. The van der Waals surface area contributed by atoms with E-state index in [1.165, 1.54) is 0 Å². The van der Waals surface area contributed by atoms with Crippen molar-refractivity contribution in [3.05, 3.63) is 24.3 Å². The smallest absolute Gasteiger partial charge is 0.361 e. The zero-order chi connectivity index (χ0) is 9.80. The molecule has 0 aliphatic carbocycles. The number of hydrogen-bond donors (Lipinski definition) is 0. The summed E-state index contributed by atoms with van der Waals surface area (Å²) in [6, 6.07) is 7.57. The Hall–Kier alpha value is -1.22. The van der Waals surface area contributed by atoms with Gasteiger partial charge in [0.2, 0.25) is 0 Å². The molecule has 1 heterocycles. The van der Waals surface area contributed by atoms with Crippen LogP contribution in [0.15, 0.2) is 24.3 Å². The first-order valence-electron chi connectivity index (χ1n) is 4.94. The number of unbranched alkanes of at least 4 members (excludes halogenated alkanes) is 1. The number of ether oxygens (including phenoxy) is 3. The molecular weight excluding hydrogens is 180 g/mol. The summed E-state index contributed by atoms with van der Waals surface area (Å²) in [5, 5.41) is 0.